The molecule has 1 fully saturated rings. The zero-order valence-electron chi connectivity index (χ0n) is 11.2. The number of rotatable bonds is 5. The van der Waals surface area contributed by atoms with E-state index in [1.165, 1.54) is 12.8 Å². The summed E-state index contributed by atoms with van der Waals surface area (Å²) < 4.78 is 5.72. The van der Waals surface area contributed by atoms with Gasteiger partial charge < -0.3 is 10.1 Å². The zero-order chi connectivity index (χ0) is 13.7. The van der Waals surface area contributed by atoms with E-state index in [2.05, 4.69) is 5.32 Å². The molecule has 0 aromatic heterocycles. The molecule has 1 aromatic carbocycles. The lowest BCUT2D eigenvalue weighted by Crippen LogP contribution is -2.42. The second kappa shape index (κ2) is 6.80. The van der Waals surface area contributed by atoms with Crippen LogP contribution in [-0.2, 0) is 4.79 Å². The third-order valence-electron chi connectivity index (χ3n) is 3.44. The summed E-state index contributed by atoms with van der Waals surface area (Å²) in [7, 11) is 0. The Morgan fingerprint density at radius 1 is 1.47 bits per heavy atom. The topological polar surface area (TPSA) is 38.3 Å². The zero-order valence-corrected chi connectivity index (χ0v) is 12.0. The maximum absolute atomic E-state index is 12.2. The van der Waals surface area contributed by atoms with Crippen LogP contribution in [0.4, 0.5) is 0 Å². The highest BCUT2D eigenvalue weighted by Gasteiger charge is 2.23. The third-order valence-corrected chi connectivity index (χ3v) is 3.67. The van der Waals surface area contributed by atoms with Crippen molar-refractivity contribution in [3.05, 3.63) is 29.3 Å². The normalized spacial score (nSPS) is 17.2. The highest BCUT2D eigenvalue weighted by molar-refractivity contribution is 6.30. The summed E-state index contributed by atoms with van der Waals surface area (Å²) in [4.78, 5) is 12.2. The Balaban J connectivity index is 1.93. The van der Waals surface area contributed by atoms with Crippen LogP contribution in [0.1, 0.15) is 39.0 Å². The van der Waals surface area contributed by atoms with Gasteiger partial charge in [0, 0.05) is 11.1 Å². The number of ether oxygens (including phenoxy) is 1. The monoisotopic (exact) mass is 281 g/mol. The molecule has 0 radical (unpaired) electrons. The number of hydrogen-bond acceptors (Lipinski definition) is 2. The summed E-state index contributed by atoms with van der Waals surface area (Å²) in [6, 6.07) is 7.47. The Bertz CT molecular complexity index is 430. The Morgan fingerprint density at radius 2 is 2.21 bits per heavy atom. The Morgan fingerprint density at radius 3 is 2.84 bits per heavy atom. The molecular weight excluding hydrogens is 262 g/mol. The smallest absolute Gasteiger partial charge is 0.261 e. The molecule has 0 heterocycles. The summed E-state index contributed by atoms with van der Waals surface area (Å²) in [5, 5.41) is 3.68. The molecule has 3 nitrogen and oxygen atoms in total. The Hall–Kier alpha value is -1.22. The maximum atomic E-state index is 12.2. The number of halogens is 1. The van der Waals surface area contributed by atoms with E-state index in [0.29, 0.717) is 23.2 Å². The van der Waals surface area contributed by atoms with Crippen LogP contribution in [0.3, 0.4) is 0 Å². The number of hydrogen-bond donors (Lipinski definition) is 1. The van der Waals surface area contributed by atoms with Gasteiger partial charge in [-0.25, -0.2) is 0 Å². The number of carbonyl (C=O) groups is 1. The average Bonchev–Trinajstić information content (AvgIpc) is 2.88. The maximum Gasteiger partial charge on any atom is 0.261 e. The first-order valence-electron chi connectivity index (χ1n) is 6.91. The number of carbonyl (C=O) groups excluding carboxylic acids is 1. The van der Waals surface area contributed by atoms with Crippen molar-refractivity contribution in [1.29, 1.82) is 0 Å². The van der Waals surface area contributed by atoms with Crippen molar-refractivity contribution in [1.82, 2.24) is 5.32 Å². The van der Waals surface area contributed by atoms with Crippen molar-refractivity contribution in [3.63, 3.8) is 0 Å². The van der Waals surface area contributed by atoms with Crippen LogP contribution < -0.4 is 10.1 Å². The van der Waals surface area contributed by atoms with Crippen molar-refractivity contribution in [2.75, 3.05) is 0 Å². The van der Waals surface area contributed by atoms with E-state index in [-0.39, 0.29) is 5.91 Å². The van der Waals surface area contributed by atoms with Crippen LogP contribution in [0.5, 0.6) is 5.75 Å². The first kappa shape index (κ1) is 14.2. The molecule has 19 heavy (non-hydrogen) atoms. The predicted molar refractivity (Wildman–Crippen MR) is 76.6 cm³/mol. The summed E-state index contributed by atoms with van der Waals surface area (Å²) in [5.41, 5.74) is 0. The van der Waals surface area contributed by atoms with Gasteiger partial charge in [-0.1, -0.05) is 37.4 Å². The molecule has 2 rings (SSSR count). The minimum Gasteiger partial charge on any atom is -0.481 e. The van der Waals surface area contributed by atoms with Crippen molar-refractivity contribution < 1.29 is 9.53 Å². The molecule has 1 aliphatic carbocycles. The fourth-order valence-electron chi connectivity index (χ4n) is 2.39. The molecule has 1 aliphatic rings. The van der Waals surface area contributed by atoms with E-state index < -0.39 is 6.10 Å². The Labute approximate surface area is 119 Å². The van der Waals surface area contributed by atoms with Gasteiger partial charge in [-0.2, -0.15) is 0 Å². The van der Waals surface area contributed by atoms with Crippen LogP contribution in [0, 0.1) is 0 Å². The van der Waals surface area contributed by atoms with Crippen molar-refractivity contribution >= 4 is 17.5 Å². The van der Waals surface area contributed by atoms with Crippen molar-refractivity contribution in [2.45, 2.75) is 51.2 Å². The lowest BCUT2D eigenvalue weighted by Gasteiger charge is -2.20. The minimum atomic E-state index is -0.445. The van der Waals surface area contributed by atoms with Gasteiger partial charge >= 0.3 is 0 Å². The van der Waals surface area contributed by atoms with E-state index in [0.717, 1.165) is 12.8 Å². The fraction of sp³-hybridized carbons (Fsp3) is 0.533. The number of amides is 1. The van der Waals surface area contributed by atoms with Crippen LogP contribution in [0.25, 0.3) is 0 Å². The number of benzene rings is 1. The van der Waals surface area contributed by atoms with Crippen molar-refractivity contribution in [3.8, 4) is 5.75 Å². The van der Waals surface area contributed by atoms with Crippen LogP contribution >= 0.6 is 11.6 Å². The fourth-order valence-corrected chi connectivity index (χ4v) is 2.57. The van der Waals surface area contributed by atoms with Crippen molar-refractivity contribution in [2.24, 2.45) is 0 Å². The van der Waals surface area contributed by atoms with E-state index >= 15 is 0 Å². The molecular formula is C15H20ClNO2. The molecule has 0 aliphatic heterocycles. The summed E-state index contributed by atoms with van der Waals surface area (Å²) in [6.07, 6.45) is 4.77. The second-order valence-corrected chi connectivity index (χ2v) is 5.40. The van der Waals surface area contributed by atoms with Crippen LogP contribution in [0.15, 0.2) is 24.3 Å². The minimum absolute atomic E-state index is 0.0191. The molecule has 4 heteroatoms. The summed E-state index contributed by atoms with van der Waals surface area (Å²) >= 11 is 5.91. The first-order valence-corrected chi connectivity index (χ1v) is 7.29. The average molecular weight is 282 g/mol. The highest BCUT2D eigenvalue weighted by atomic mass is 35.5. The van der Waals surface area contributed by atoms with Crippen LogP contribution in [0.2, 0.25) is 5.02 Å². The van der Waals surface area contributed by atoms with E-state index in [1.807, 2.05) is 19.1 Å². The lowest BCUT2D eigenvalue weighted by molar-refractivity contribution is -0.128. The van der Waals surface area contributed by atoms with Gasteiger partial charge in [0.2, 0.25) is 0 Å². The molecule has 0 spiro atoms. The molecule has 1 unspecified atom stereocenters. The van der Waals surface area contributed by atoms with Gasteiger partial charge in [-0.05, 0) is 37.5 Å². The van der Waals surface area contributed by atoms with E-state index in [9.17, 15) is 4.79 Å². The molecule has 1 saturated carbocycles. The van der Waals surface area contributed by atoms with E-state index in [4.69, 9.17) is 16.3 Å². The van der Waals surface area contributed by atoms with Gasteiger partial charge in [-0.3, -0.25) is 4.79 Å². The summed E-state index contributed by atoms with van der Waals surface area (Å²) in [6.45, 7) is 1.95. The molecule has 1 N–H and O–H groups in total. The molecule has 104 valence electrons. The lowest BCUT2D eigenvalue weighted by atomic mass is 10.2. The Kier molecular flexibility index (Phi) is 5.08. The highest BCUT2D eigenvalue weighted by Crippen LogP contribution is 2.20. The van der Waals surface area contributed by atoms with Gasteiger partial charge in [0.25, 0.3) is 5.91 Å². The van der Waals surface area contributed by atoms with Crippen LogP contribution in [-0.4, -0.2) is 18.1 Å². The molecule has 1 amide bonds. The third kappa shape index (κ3) is 4.13. The number of nitrogens with one attached hydrogen (secondary N) is 1. The van der Waals surface area contributed by atoms with Gasteiger partial charge in [0.1, 0.15) is 5.75 Å². The largest absolute Gasteiger partial charge is 0.481 e. The molecule has 0 bridgehead atoms. The predicted octanol–water partition coefficient (Wildman–Crippen LogP) is 3.56. The molecule has 1 aromatic rings. The second-order valence-electron chi connectivity index (χ2n) is 4.96. The standard InChI is InChI=1S/C15H20ClNO2/c1-2-14(15(18)17-12-7-3-4-8-12)19-13-9-5-6-11(16)10-13/h5-6,9-10,12,14H,2-4,7-8H2,1H3,(H,17,18). The van der Waals surface area contributed by atoms with Gasteiger partial charge in [-0.15, -0.1) is 0 Å². The molecule has 1 atom stereocenters. The summed E-state index contributed by atoms with van der Waals surface area (Å²) in [5.74, 6) is 0.621. The van der Waals surface area contributed by atoms with Gasteiger partial charge in [0.15, 0.2) is 6.10 Å². The molecule has 0 saturated heterocycles. The SMILES string of the molecule is CCC(Oc1cccc(Cl)c1)C(=O)NC1CCCC1. The quantitative estimate of drug-likeness (QED) is 0.896. The van der Waals surface area contributed by atoms with E-state index in [1.54, 1.807) is 12.1 Å². The first-order chi connectivity index (χ1) is 9.19. The van der Waals surface area contributed by atoms with Gasteiger partial charge in [0.05, 0.1) is 0 Å².